The van der Waals surface area contributed by atoms with Crippen molar-refractivity contribution in [3.05, 3.63) is 67.5 Å². The molecule has 1 amide bonds. The summed E-state index contributed by atoms with van der Waals surface area (Å²) in [5.74, 6) is 3.99. The highest BCUT2D eigenvalue weighted by Gasteiger charge is 2.33. The highest BCUT2D eigenvalue weighted by molar-refractivity contribution is 9.10. The number of amides is 1. The van der Waals surface area contributed by atoms with Crippen LogP contribution in [0.5, 0.6) is 0 Å². The van der Waals surface area contributed by atoms with Gasteiger partial charge in [-0.3, -0.25) is 14.6 Å². The summed E-state index contributed by atoms with van der Waals surface area (Å²) >= 11 is 3.34. The molecule has 0 fully saturated rings. The number of carbonyl (C=O) groups excluding carboxylic acids is 1. The topological polar surface area (TPSA) is 116 Å². The van der Waals surface area contributed by atoms with Crippen LogP contribution >= 0.6 is 15.9 Å². The third-order valence-electron chi connectivity index (χ3n) is 3.81. The molecule has 1 aromatic carbocycles. The van der Waals surface area contributed by atoms with E-state index in [4.69, 9.17) is 10.9 Å². The number of carboxylic acids is 1. The van der Waals surface area contributed by atoms with Gasteiger partial charge in [0.05, 0.1) is 11.6 Å². The van der Waals surface area contributed by atoms with Gasteiger partial charge in [0.1, 0.15) is 5.56 Å². The number of nitrogens with two attached hydrogens (primary N) is 1. The van der Waals surface area contributed by atoms with Gasteiger partial charge in [0.2, 0.25) is 0 Å². The molecule has 118 valence electrons. The van der Waals surface area contributed by atoms with Crippen LogP contribution in [0.25, 0.3) is 0 Å². The highest BCUT2D eigenvalue weighted by Crippen LogP contribution is 2.30. The second-order valence-electron chi connectivity index (χ2n) is 5.19. The van der Waals surface area contributed by atoms with E-state index in [9.17, 15) is 14.4 Å². The fraction of sp³-hybridized carbons (Fsp3) is 0.133. The number of carboxylic acid groups (broad SMARTS) is 1. The van der Waals surface area contributed by atoms with E-state index in [1.807, 2.05) is 24.3 Å². The second kappa shape index (κ2) is 5.64. The van der Waals surface area contributed by atoms with E-state index in [-0.39, 0.29) is 5.56 Å². The number of aromatic amines is 1. The second-order valence-corrected chi connectivity index (χ2v) is 6.11. The fourth-order valence-electron chi connectivity index (χ4n) is 2.62. The van der Waals surface area contributed by atoms with Crippen molar-refractivity contribution in [3.8, 4) is 0 Å². The first-order chi connectivity index (χ1) is 10.9. The van der Waals surface area contributed by atoms with Crippen molar-refractivity contribution in [2.24, 2.45) is 5.84 Å². The minimum atomic E-state index is -1.39. The molecule has 0 bridgehead atoms. The van der Waals surface area contributed by atoms with Gasteiger partial charge in [-0.15, -0.1) is 0 Å². The average molecular weight is 378 g/mol. The number of pyridine rings is 1. The Morgan fingerprint density at radius 1 is 1.30 bits per heavy atom. The molecule has 1 atom stereocenters. The molecule has 0 radical (unpaired) electrons. The molecule has 0 aliphatic carbocycles. The highest BCUT2D eigenvalue weighted by atomic mass is 79.9. The summed E-state index contributed by atoms with van der Waals surface area (Å²) in [7, 11) is 0. The zero-order chi connectivity index (χ0) is 16.7. The van der Waals surface area contributed by atoms with Crippen LogP contribution in [-0.2, 0) is 6.42 Å². The van der Waals surface area contributed by atoms with Gasteiger partial charge >= 0.3 is 5.97 Å². The van der Waals surface area contributed by atoms with Crippen molar-refractivity contribution < 1.29 is 14.7 Å². The van der Waals surface area contributed by atoms with E-state index >= 15 is 0 Å². The zero-order valence-electron chi connectivity index (χ0n) is 11.7. The lowest BCUT2D eigenvalue weighted by molar-refractivity contribution is 0.0643. The third-order valence-corrected chi connectivity index (χ3v) is 4.33. The van der Waals surface area contributed by atoms with Gasteiger partial charge in [-0.2, -0.15) is 0 Å². The van der Waals surface area contributed by atoms with Crippen molar-refractivity contribution in [2.75, 3.05) is 0 Å². The lowest BCUT2D eigenvalue weighted by atomic mass is 9.93. The molecule has 0 saturated heterocycles. The van der Waals surface area contributed by atoms with Gasteiger partial charge in [0.25, 0.3) is 11.5 Å². The van der Waals surface area contributed by atoms with E-state index in [1.54, 1.807) is 0 Å². The van der Waals surface area contributed by atoms with E-state index in [2.05, 4.69) is 20.9 Å². The van der Waals surface area contributed by atoms with Gasteiger partial charge in [0, 0.05) is 16.6 Å². The van der Waals surface area contributed by atoms with Gasteiger partial charge in [-0.05, 0) is 23.8 Å². The lowest BCUT2D eigenvalue weighted by Gasteiger charge is -2.33. The van der Waals surface area contributed by atoms with E-state index in [1.165, 1.54) is 0 Å². The van der Waals surface area contributed by atoms with Gasteiger partial charge in [0.15, 0.2) is 0 Å². The Bertz CT molecular complexity index is 860. The molecule has 1 aliphatic rings. The Balaban J connectivity index is 2.07. The predicted octanol–water partition coefficient (Wildman–Crippen LogP) is 1.45. The maximum absolute atomic E-state index is 12.4. The number of aromatic nitrogens is 1. The summed E-state index contributed by atoms with van der Waals surface area (Å²) in [5, 5.41) is 10.1. The Hall–Kier alpha value is -2.45. The van der Waals surface area contributed by atoms with Crippen molar-refractivity contribution in [1.29, 1.82) is 0 Å². The number of aromatic carboxylic acids is 1. The smallest absolute Gasteiger partial charge is 0.341 e. The monoisotopic (exact) mass is 377 g/mol. The first-order valence-corrected chi connectivity index (χ1v) is 7.51. The first kappa shape index (κ1) is 15.4. The minimum absolute atomic E-state index is 0.109. The Labute approximate surface area is 138 Å². The predicted molar refractivity (Wildman–Crippen MR) is 85.0 cm³/mol. The number of hydrogen-bond donors (Lipinski definition) is 3. The summed E-state index contributed by atoms with van der Waals surface area (Å²) in [4.78, 5) is 37.8. The van der Waals surface area contributed by atoms with Crippen LogP contribution in [0.4, 0.5) is 0 Å². The van der Waals surface area contributed by atoms with Gasteiger partial charge in [-0.1, -0.05) is 28.1 Å². The Kier molecular flexibility index (Phi) is 3.78. The molecule has 3 rings (SSSR count). The van der Waals surface area contributed by atoms with E-state index in [0.717, 1.165) is 21.1 Å². The van der Waals surface area contributed by atoms with E-state index in [0.29, 0.717) is 12.1 Å². The maximum Gasteiger partial charge on any atom is 0.341 e. The van der Waals surface area contributed by atoms with Crippen molar-refractivity contribution >= 4 is 27.8 Å². The van der Waals surface area contributed by atoms with Crippen molar-refractivity contribution in [3.63, 3.8) is 0 Å². The number of benzene rings is 1. The number of hydrazine groups is 1. The van der Waals surface area contributed by atoms with E-state index < -0.39 is 29.0 Å². The summed E-state index contributed by atoms with van der Waals surface area (Å²) in [5.41, 5.74) is 0.104. The molecule has 2 aromatic rings. The molecular formula is C15H12BrN3O4. The summed E-state index contributed by atoms with van der Waals surface area (Å²) in [6.07, 6.45) is 0.300. The summed E-state index contributed by atoms with van der Waals surface area (Å²) in [6.45, 7) is 0. The number of nitrogens with zero attached hydrogens (tertiary/aromatic N) is 1. The normalized spacial score (nSPS) is 17.0. The number of H-pyrrole nitrogens is 1. The largest absolute Gasteiger partial charge is 0.477 e. The van der Waals surface area contributed by atoms with Crippen molar-refractivity contribution in [1.82, 2.24) is 9.99 Å². The zero-order valence-corrected chi connectivity index (χ0v) is 13.3. The van der Waals surface area contributed by atoms with Crippen LogP contribution in [0.3, 0.4) is 0 Å². The number of carbonyl (C=O) groups is 2. The Morgan fingerprint density at radius 3 is 2.57 bits per heavy atom. The van der Waals surface area contributed by atoms with Gasteiger partial charge in [-0.25, -0.2) is 10.6 Å². The van der Waals surface area contributed by atoms with Crippen LogP contribution in [-0.4, -0.2) is 27.0 Å². The maximum atomic E-state index is 12.4. The SMILES string of the molecule is NN1C(=O)c2cc(C(=O)O)c(=O)[nH]c2CC1c1ccc(Br)cc1. The molecule has 7 nitrogen and oxygen atoms in total. The first-order valence-electron chi connectivity index (χ1n) is 6.71. The quantitative estimate of drug-likeness (QED) is 0.540. The van der Waals surface area contributed by atoms with Crippen LogP contribution < -0.4 is 11.4 Å². The molecule has 2 heterocycles. The number of halogens is 1. The van der Waals surface area contributed by atoms with Crippen LogP contribution in [0.15, 0.2) is 39.6 Å². The molecule has 0 spiro atoms. The Morgan fingerprint density at radius 2 is 1.96 bits per heavy atom. The molecule has 1 aromatic heterocycles. The number of nitrogens with one attached hydrogen (secondary N) is 1. The average Bonchev–Trinajstić information content (AvgIpc) is 2.51. The fourth-order valence-corrected chi connectivity index (χ4v) is 2.88. The third kappa shape index (κ3) is 2.66. The minimum Gasteiger partial charge on any atom is -0.477 e. The summed E-state index contributed by atoms with van der Waals surface area (Å²) < 4.78 is 0.895. The number of fused-ring (bicyclic) bond motifs is 1. The van der Waals surface area contributed by atoms with Crippen LogP contribution in [0.2, 0.25) is 0 Å². The standard InChI is InChI=1S/C15H12BrN3O4/c16-8-3-1-7(2-4-8)12-6-11-9(14(21)19(12)17)5-10(15(22)23)13(20)18-11/h1-5,12H,6,17H2,(H,18,20)(H,22,23). The van der Waals surface area contributed by atoms with Crippen LogP contribution in [0, 0.1) is 0 Å². The molecule has 23 heavy (non-hydrogen) atoms. The van der Waals surface area contributed by atoms with Gasteiger partial charge < -0.3 is 10.1 Å². The molecule has 1 unspecified atom stereocenters. The number of rotatable bonds is 2. The molecular weight excluding hydrogens is 366 g/mol. The van der Waals surface area contributed by atoms with Crippen LogP contribution in [0.1, 0.15) is 38.0 Å². The molecule has 1 aliphatic heterocycles. The molecule has 8 heteroatoms. The van der Waals surface area contributed by atoms with Crippen molar-refractivity contribution in [2.45, 2.75) is 12.5 Å². The molecule has 4 N–H and O–H groups in total. The summed E-state index contributed by atoms with van der Waals surface area (Å²) in [6, 6.07) is 7.97. The number of hydrogen-bond acceptors (Lipinski definition) is 4. The molecule has 0 saturated carbocycles. The lowest BCUT2D eigenvalue weighted by Crippen LogP contribution is -2.46.